The van der Waals surface area contributed by atoms with Crippen molar-refractivity contribution >= 4 is 22.8 Å². The molecular weight excluding hydrogens is 284 g/mol. The Morgan fingerprint density at radius 3 is 2.86 bits per heavy atom. The average Bonchev–Trinajstić information content (AvgIpc) is 2.83. The largest absolute Gasteiger partial charge is 0.341 e. The van der Waals surface area contributed by atoms with Crippen molar-refractivity contribution in [3.63, 3.8) is 0 Å². The van der Waals surface area contributed by atoms with Gasteiger partial charge in [-0.25, -0.2) is 0 Å². The Kier molecular flexibility index (Phi) is 6.55. The number of likely N-dealkylation sites (tertiary alicyclic amines) is 2. The highest BCUT2D eigenvalue weighted by Crippen LogP contribution is 2.23. The molecular formula is C16H28N2O2S. The molecule has 0 aromatic heterocycles. The lowest BCUT2D eigenvalue weighted by Gasteiger charge is -2.36. The molecule has 2 atom stereocenters. The van der Waals surface area contributed by atoms with Crippen LogP contribution in [0, 0.1) is 5.92 Å². The second-order valence-electron chi connectivity index (χ2n) is 6.31. The molecule has 0 aliphatic carbocycles. The molecule has 2 heterocycles. The number of amides is 1. The quantitative estimate of drug-likeness (QED) is 0.755. The molecule has 0 aromatic carbocycles. The average molecular weight is 312 g/mol. The summed E-state index contributed by atoms with van der Waals surface area (Å²) in [5, 5.41) is 0.153. The zero-order valence-electron chi connectivity index (χ0n) is 13.3. The number of carbonyl (C=O) groups excluding carboxylic acids is 2. The van der Waals surface area contributed by atoms with E-state index in [4.69, 9.17) is 0 Å². The zero-order chi connectivity index (χ0) is 15.2. The van der Waals surface area contributed by atoms with E-state index >= 15 is 0 Å². The van der Waals surface area contributed by atoms with Crippen LogP contribution in [0.5, 0.6) is 0 Å². The predicted octanol–water partition coefficient (Wildman–Crippen LogP) is 2.38. The Bertz CT molecular complexity index is 375. The van der Waals surface area contributed by atoms with Crippen LogP contribution in [-0.2, 0) is 9.59 Å². The third-order valence-corrected chi connectivity index (χ3v) is 5.74. The van der Waals surface area contributed by atoms with Gasteiger partial charge in [0.15, 0.2) is 5.12 Å². The lowest BCUT2D eigenvalue weighted by atomic mass is 10.0. The van der Waals surface area contributed by atoms with Crippen molar-refractivity contribution in [1.29, 1.82) is 0 Å². The summed E-state index contributed by atoms with van der Waals surface area (Å²) in [6, 6.07) is 0.709. The van der Waals surface area contributed by atoms with Gasteiger partial charge in [0, 0.05) is 44.8 Å². The number of piperidine rings is 1. The number of thioether (sulfide) groups is 1. The monoisotopic (exact) mass is 312 g/mol. The molecule has 2 aliphatic rings. The van der Waals surface area contributed by atoms with Gasteiger partial charge in [0.05, 0.1) is 0 Å². The smallest absolute Gasteiger partial charge is 0.222 e. The van der Waals surface area contributed by atoms with Crippen LogP contribution in [0.4, 0.5) is 0 Å². The van der Waals surface area contributed by atoms with Crippen LogP contribution >= 0.6 is 11.8 Å². The molecule has 4 nitrogen and oxygen atoms in total. The molecule has 2 rings (SSSR count). The van der Waals surface area contributed by atoms with E-state index < -0.39 is 0 Å². The summed E-state index contributed by atoms with van der Waals surface area (Å²) >= 11 is 1.35. The van der Waals surface area contributed by atoms with Gasteiger partial charge < -0.3 is 4.90 Å². The van der Waals surface area contributed by atoms with Crippen LogP contribution in [0.1, 0.15) is 46.0 Å². The fraction of sp³-hybridized carbons (Fsp3) is 0.875. The molecule has 0 aromatic rings. The van der Waals surface area contributed by atoms with E-state index in [2.05, 4.69) is 11.8 Å². The Balaban J connectivity index is 1.75. The summed E-state index contributed by atoms with van der Waals surface area (Å²) in [6.07, 6.45) is 5.79. The minimum Gasteiger partial charge on any atom is -0.341 e. The molecule has 21 heavy (non-hydrogen) atoms. The first-order valence-corrected chi connectivity index (χ1v) is 9.24. The van der Waals surface area contributed by atoms with Gasteiger partial charge in [0.1, 0.15) is 0 Å². The Morgan fingerprint density at radius 2 is 2.14 bits per heavy atom. The first kappa shape index (κ1) is 16.8. The van der Waals surface area contributed by atoms with E-state index in [1.807, 2.05) is 4.90 Å². The van der Waals surface area contributed by atoms with Crippen molar-refractivity contribution in [2.24, 2.45) is 5.92 Å². The Hall–Kier alpha value is -0.550. The Labute approximate surface area is 132 Å². The second-order valence-corrected chi connectivity index (χ2v) is 7.50. The predicted molar refractivity (Wildman–Crippen MR) is 87.3 cm³/mol. The zero-order valence-corrected chi connectivity index (χ0v) is 14.2. The molecule has 0 saturated carbocycles. The first-order valence-electron chi connectivity index (χ1n) is 8.25. The van der Waals surface area contributed by atoms with Crippen molar-refractivity contribution in [3.8, 4) is 0 Å². The van der Waals surface area contributed by atoms with Gasteiger partial charge in [-0.15, -0.1) is 0 Å². The van der Waals surface area contributed by atoms with E-state index in [-0.39, 0.29) is 11.0 Å². The first-order chi connectivity index (χ1) is 10.1. The topological polar surface area (TPSA) is 40.6 Å². The molecule has 5 heteroatoms. The van der Waals surface area contributed by atoms with Gasteiger partial charge in [-0.2, -0.15) is 0 Å². The van der Waals surface area contributed by atoms with Crippen molar-refractivity contribution < 1.29 is 9.59 Å². The number of rotatable bonds is 6. The highest BCUT2D eigenvalue weighted by Gasteiger charge is 2.30. The SMILES string of the molecule is CCC1CCCCN1CCN1CC(CSC(C)=O)CC1=O. The standard InChI is InChI=1S/C16H28N2O2S/c1-3-15-6-4-5-7-17(15)8-9-18-11-14(10-16(18)20)12-21-13(2)19/h14-15H,3-12H2,1-2H3. The van der Waals surface area contributed by atoms with Gasteiger partial charge in [0.2, 0.25) is 5.91 Å². The summed E-state index contributed by atoms with van der Waals surface area (Å²) in [5.74, 6) is 1.42. The summed E-state index contributed by atoms with van der Waals surface area (Å²) in [7, 11) is 0. The molecule has 2 fully saturated rings. The molecule has 2 unspecified atom stereocenters. The van der Waals surface area contributed by atoms with Crippen molar-refractivity contribution in [3.05, 3.63) is 0 Å². The maximum absolute atomic E-state index is 12.1. The summed E-state index contributed by atoms with van der Waals surface area (Å²) in [4.78, 5) is 27.7. The normalized spacial score (nSPS) is 27.3. The molecule has 0 spiro atoms. The van der Waals surface area contributed by atoms with Gasteiger partial charge >= 0.3 is 0 Å². The number of nitrogens with zero attached hydrogens (tertiary/aromatic N) is 2. The van der Waals surface area contributed by atoms with E-state index in [1.165, 1.54) is 44.0 Å². The maximum atomic E-state index is 12.1. The third-order valence-electron chi connectivity index (χ3n) is 4.69. The lowest BCUT2D eigenvalue weighted by Crippen LogP contribution is -2.44. The summed E-state index contributed by atoms with van der Waals surface area (Å²) in [6.45, 7) is 7.75. The van der Waals surface area contributed by atoms with Crippen LogP contribution in [0.3, 0.4) is 0 Å². The van der Waals surface area contributed by atoms with Crippen LogP contribution in [0.2, 0.25) is 0 Å². The molecule has 1 amide bonds. The van der Waals surface area contributed by atoms with Crippen molar-refractivity contribution in [2.45, 2.75) is 52.0 Å². The van der Waals surface area contributed by atoms with E-state index in [0.717, 1.165) is 25.4 Å². The Morgan fingerprint density at radius 1 is 1.33 bits per heavy atom. The fourth-order valence-electron chi connectivity index (χ4n) is 3.48. The molecule has 120 valence electrons. The van der Waals surface area contributed by atoms with Crippen molar-refractivity contribution in [2.75, 3.05) is 31.9 Å². The number of hydrogen-bond acceptors (Lipinski definition) is 4. The van der Waals surface area contributed by atoms with Crippen molar-refractivity contribution in [1.82, 2.24) is 9.80 Å². The van der Waals surface area contributed by atoms with E-state index in [1.54, 1.807) is 6.92 Å². The highest BCUT2D eigenvalue weighted by molar-refractivity contribution is 8.13. The third kappa shape index (κ3) is 4.99. The molecule has 2 aliphatic heterocycles. The highest BCUT2D eigenvalue weighted by atomic mass is 32.2. The molecule has 0 bridgehead atoms. The van der Waals surface area contributed by atoms with Gasteiger partial charge in [-0.05, 0) is 31.7 Å². The van der Waals surface area contributed by atoms with Crippen LogP contribution in [0.15, 0.2) is 0 Å². The summed E-state index contributed by atoms with van der Waals surface area (Å²) < 4.78 is 0. The van der Waals surface area contributed by atoms with Gasteiger partial charge in [0.25, 0.3) is 0 Å². The maximum Gasteiger partial charge on any atom is 0.222 e. The van der Waals surface area contributed by atoms with Crippen LogP contribution < -0.4 is 0 Å². The van der Waals surface area contributed by atoms with E-state index in [0.29, 0.717) is 18.4 Å². The summed E-state index contributed by atoms with van der Waals surface area (Å²) in [5.41, 5.74) is 0. The number of carbonyl (C=O) groups is 2. The van der Waals surface area contributed by atoms with Gasteiger partial charge in [-0.3, -0.25) is 14.5 Å². The van der Waals surface area contributed by atoms with Crippen LogP contribution in [-0.4, -0.2) is 58.8 Å². The molecule has 0 N–H and O–H groups in total. The van der Waals surface area contributed by atoms with E-state index in [9.17, 15) is 9.59 Å². The fourth-order valence-corrected chi connectivity index (χ4v) is 4.18. The second kappa shape index (κ2) is 8.18. The lowest BCUT2D eigenvalue weighted by molar-refractivity contribution is -0.128. The molecule has 2 saturated heterocycles. The molecule has 0 radical (unpaired) electrons. The van der Waals surface area contributed by atoms with Crippen LogP contribution in [0.25, 0.3) is 0 Å². The van der Waals surface area contributed by atoms with Gasteiger partial charge in [-0.1, -0.05) is 25.1 Å². The minimum absolute atomic E-state index is 0.153. The minimum atomic E-state index is 0.153. The number of hydrogen-bond donors (Lipinski definition) is 0.